The Hall–Kier alpha value is -4.07. The minimum atomic E-state index is -0.565. The molecule has 0 bridgehead atoms. The number of hydrogen-bond donors (Lipinski definition) is 0. The number of halogens is 1. The third-order valence-electron chi connectivity index (χ3n) is 5.68. The van der Waals surface area contributed by atoms with E-state index in [2.05, 4.69) is 0 Å². The molecule has 0 aliphatic carbocycles. The standard InChI is InChI=1S/C29H20ClNO5S/c30-24-10-4-3-9-23(24)28(33)36-21-14-12-19(13-15-21)18-26-27(32)31(29(34)37-26)16-17-35-25-11-5-7-20-6-1-2-8-22(20)25/h1-15,18H,16-17H2/b26-18-. The quantitative estimate of drug-likeness (QED) is 0.148. The summed E-state index contributed by atoms with van der Waals surface area (Å²) in [5.74, 6) is 0.104. The summed E-state index contributed by atoms with van der Waals surface area (Å²) in [5.41, 5.74) is 0.960. The maximum Gasteiger partial charge on any atom is 0.345 e. The third kappa shape index (κ3) is 5.53. The zero-order chi connectivity index (χ0) is 25.8. The number of carbonyl (C=O) groups is 3. The van der Waals surface area contributed by atoms with Crippen molar-refractivity contribution < 1.29 is 23.9 Å². The second-order valence-corrected chi connectivity index (χ2v) is 9.50. The lowest BCUT2D eigenvalue weighted by atomic mass is 10.1. The van der Waals surface area contributed by atoms with Gasteiger partial charge in [-0.25, -0.2) is 4.79 Å². The van der Waals surface area contributed by atoms with Crippen LogP contribution in [0.25, 0.3) is 16.8 Å². The summed E-state index contributed by atoms with van der Waals surface area (Å²) in [5, 5.41) is 1.99. The van der Waals surface area contributed by atoms with E-state index in [1.165, 1.54) is 4.90 Å². The van der Waals surface area contributed by atoms with Gasteiger partial charge < -0.3 is 9.47 Å². The minimum Gasteiger partial charge on any atom is -0.491 e. The maximum absolute atomic E-state index is 12.9. The molecular formula is C29H20ClNO5S. The fraction of sp³-hybridized carbons (Fsp3) is 0.0690. The molecule has 1 aliphatic rings. The lowest BCUT2D eigenvalue weighted by Gasteiger charge is -2.14. The highest BCUT2D eigenvalue weighted by molar-refractivity contribution is 8.18. The van der Waals surface area contributed by atoms with Gasteiger partial charge in [0.1, 0.15) is 18.1 Å². The van der Waals surface area contributed by atoms with E-state index in [1.54, 1.807) is 54.6 Å². The Kier molecular flexibility index (Phi) is 7.25. The molecule has 0 atom stereocenters. The summed E-state index contributed by atoms with van der Waals surface area (Å²) >= 11 is 6.93. The van der Waals surface area contributed by atoms with E-state index in [0.717, 1.165) is 22.5 Å². The molecule has 4 aromatic carbocycles. The zero-order valence-corrected chi connectivity index (χ0v) is 21.0. The first-order chi connectivity index (χ1) is 18.0. The number of rotatable bonds is 7. The second-order valence-electron chi connectivity index (χ2n) is 8.10. The highest BCUT2D eigenvalue weighted by Gasteiger charge is 2.34. The van der Waals surface area contributed by atoms with Gasteiger partial charge in [0.2, 0.25) is 0 Å². The molecule has 8 heteroatoms. The summed E-state index contributed by atoms with van der Waals surface area (Å²) in [7, 11) is 0. The lowest BCUT2D eigenvalue weighted by Crippen LogP contribution is -2.32. The summed E-state index contributed by atoms with van der Waals surface area (Å²) < 4.78 is 11.3. The van der Waals surface area contributed by atoms with Crippen LogP contribution in [0.2, 0.25) is 5.02 Å². The van der Waals surface area contributed by atoms with Gasteiger partial charge in [0.05, 0.1) is 22.0 Å². The predicted molar refractivity (Wildman–Crippen MR) is 145 cm³/mol. The van der Waals surface area contributed by atoms with Gasteiger partial charge in [-0.3, -0.25) is 14.5 Å². The van der Waals surface area contributed by atoms with Crippen LogP contribution in [0.4, 0.5) is 4.79 Å². The van der Waals surface area contributed by atoms with Crippen molar-refractivity contribution in [1.29, 1.82) is 0 Å². The number of carbonyl (C=O) groups excluding carboxylic acids is 3. The third-order valence-corrected chi connectivity index (χ3v) is 6.91. The Bertz CT molecular complexity index is 1530. The van der Waals surface area contributed by atoms with Crippen molar-refractivity contribution in [3.05, 3.63) is 112 Å². The fourth-order valence-corrected chi connectivity index (χ4v) is 4.91. The Labute approximate surface area is 222 Å². The lowest BCUT2D eigenvalue weighted by molar-refractivity contribution is -0.123. The van der Waals surface area contributed by atoms with Gasteiger partial charge >= 0.3 is 5.97 Å². The highest BCUT2D eigenvalue weighted by atomic mass is 35.5. The van der Waals surface area contributed by atoms with Crippen molar-refractivity contribution >= 4 is 57.3 Å². The molecule has 2 amide bonds. The number of fused-ring (bicyclic) bond motifs is 1. The predicted octanol–water partition coefficient (Wildman–Crippen LogP) is 6.83. The Morgan fingerprint density at radius 2 is 1.62 bits per heavy atom. The molecule has 1 heterocycles. The van der Waals surface area contributed by atoms with Crippen LogP contribution >= 0.6 is 23.4 Å². The molecule has 4 aromatic rings. The molecule has 37 heavy (non-hydrogen) atoms. The fourth-order valence-electron chi connectivity index (χ4n) is 3.83. The summed E-state index contributed by atoms with van der Waals surface area (Å²) in [6.07, 6.45) is 1.64. The Morgan fingerprint density at radius 1 is 0.892 bits per heavy atom. The number of esters is 1. The smallest absolute Gasteiger partial charge is 0.345 e. The second kappa shape index (κ2) is 10.9. The summed E-state index contributed by atoms with van der Waals surface area (Å²) in [6, 6.07) is 26.9. The monoisotopic (exact) mass is 529 g/mol. The number of hydrogen-bond acceptors (Lipinski definition) is 6. The molecule has 0 N–H and O–H groups in total. The van der Waals surface area contributed by atoms with Gasteiger partial charge in [0, 0.05) is 5.39 Å². The molecule has 0 aromatic heterocycles. The first-order valence-electron chi connectivity index (χ1n) is 11.4. The van der Waals surface area contributed by atoms with Crippen molar-refractivity contribution in [3.8, 4) is 11.5 Å². The molecule has 1 saturated heterocycles. The van der Waals surface area contributed by atoms with Crippen LogP contribution in [-0.2, 0) is 4.79 Å². The van der Waals surface area contributed by atoms with Crippen molar-refractivity contribution in [2.24, 2.45) is 0 Å². The Balaban J connectivity index is 1.20. The van der Waals surface area contributed by atoms with E-state index in [9.17, 15) is 14.4 Å². The number of amides is 2. The van der Waals surface area contributed by atoms with E-state index < -0.39 is 5.97 Å². The van der Waals surface area contributed by atoms with Crippen LogP contribution in [0.1, 0.15) is 15.9 Å². The maximum atomic E-state index is 12.9. The van der Waals surface area contributed by atoms with Gasteiger partial charge in [-0.2, -0.15) is 0 Å². The average Bonchev–Trinajstić information content (AvgIpc) is 3.17. The van der Waals surface area contributed by atoms with Gasteiger partial charge in [-0.1, -0.05) is 72.3 Å². The van der Waals surface area contributed by atoms with Crippen molar-refractivity contribution in [1.82, 2.24) is 4.90 Å². The number of benzene rings is 4. The van der Waals surface area contributed by atoms with Crippen LogP contribution in [0.5, 0.6) is 11.5 Å². The van der Waals surface area contributed by atoms with E-state index in [-0.39, 0.29) is 29.9 Å². The average molecular weight is 530 g/mol. The van der Waals surface area contributed by atoms with E-state index in [0.29, 0.717) is 27.0 Å². The largest absolute Gasteiger partial charge is 0.491 e. The van der Waals surface area contributed by atoms with Crippen molar-refractivity contribution in [3.63, 3.8) is 0 Å². The minimum absolute atomic E-state index is 0.141. The normalized spacial score (nSPS) is 14.4. The van der Waals surface area contributed by atoms with Crippen molar-refractivity contribution in [2.75, 3.05) is 13.2 Å². The summed E-state index contributed by atoms with van der Waals surface area (Å²) in [4.78, 5) is 39.2. The number of imide groups is 1. The van der Waals surface area contributed by atoms with E-state index >= 15 is 0 Å². The molecule has 0 radical (unpaired) electrons. The molecule has 6 nitrogen and oxygen atoms in total. The van der Waals surface area contributed by atoms with E-state index in [4.69, 9.17) is 21.1 Å². The molecule has 1 aliphatic heterocycles. The topological polar surface area (TPSA) is 72.9 Å². The Morgan fingerprint density at radius 3 is 2.43 bits per heavy atom. The molecular weight excluding hydrogens is 510 g/mol. The first-order valence-corrected chi connectivity index (χ1v) is 12.6. The van der Waals surface area contributed by atoms with E-state index in [1.807, 2.05) is 42.5 Å². The molecule has 184 valence electrons. The molecule has 0 spiro atoms. The number of thioether (sulfide) groups is 1. The van der Waals surface area contributed by atoms with Crippen LogP contribution in [0.3, 0.4) is 0 Å². The van der Waals surface area contributed by atoms with Gasteiger partial charge in [0.25, 0.3) is 11.1 Å². The van der Waals surface area contributed by atoms with Crippen LogP contribution < -0.4 is 9.47 Å². The zero-order valence-electron chi connectivity index (χ0n) is 19.4. The van der Waals surface area contributed by atoms with Gasteiger partial charge in [-0.15, -0.1) is 0 Å². The van der Waals surface area contributed by atoms with Gasteiger partial charge in [-0.05, 0) is 59.1 Å². The summed E-state index contributed by atoms with van der Waals surface area (Å²) in [6.45, 7) is 0.326. The highest BCUT2D eigenvalue weighted by Crippen LogP contribution is 2.33. The van der Waals surface area contributed by atoms with Crippen LogP contribution in [-0.4, -0.2) is 35.2 Å². The first kappa shape index (κ1) is 24.6. The number of ether oxygens (including phenoxy) is 2. The number of nitrogens with zero attached hydrogens (tertiary/aromatic N) is 1. The molecule has 0 saturated carbocycles. The van der Waals surface area contributed by atoms with Crippen LogP contribution in [0, 0.1) is 0 Å². The molecule has 1 fully saturated rings. The molecule has 5 rings (SSSR count). The van der Waals surface area contributed by atoms with Crippen molar-refractivity contribution in [2.45, 2.75) is 0 Å². The molecule has 0 unspecified atom stereocenters. The van der Waals surface area contributed by atoms with Crippen LogP contribution in [0.15, 0.2) is 95.9 Å². The van der Waals surface area contributed by atoms with Gasteiger partial charge in [0.15, 0.2) is 0 Å². The SMILES string of the molecule is O=C(Oc1ccc(/C=C2\SC(=O)N(CCOc3cccc4ccccc34)C2=O)cc1)c1ccccc1Cl.